The lowest BCUT2D eigenvalue weighted by atomic mass is 9.94. The zero-order valence-electron chi connectivity index (χ0n) is 12.8. The van der Waals surface area contributed by atoms with Gasteiger partial charge in [-0.3, -0.25) is 14.9 Å². The zero-order valence-corrected chi connectivity index (χ0v) is 12.8. The first kappa shape index (κ1) is 17.1. The van der Waals surface area contributed by atoms with Crippen LogP contribution in [0.4, 0.5) is 5.69 Å². The highest BCUT2D eigenvalue weighted by Gasteiger charge is 2.23. The molecule has 2 N–H and O–H groups in total. The summed E-state index contributed by atoms with van der Waals surface area (Å²) in [5.41, 5.74) is -0.218. The predicted molar refractivity (Wildman–Crippen MR) is 80.2 cm³/mol. The van der Waals surface area contributed by atoms with E-state index in [9.17, 15) is 20.0 Å². The third kappa shape index (κ3) is 5.15. The van der Waals surface area contributed by atoms with Crippen LogP contribution in [0.3, 0.4) is 0 Å². The SMILES string of the molecule is Cc1ccc([N+](=O)[O-])cc1C(=O)NCC(C)(O)CC(C)C. The fourth-order valence-corrected chi connectivity index (χ4v) is 2.29. The summed E-state index contributed by atoms with van der Waals surface area (Å²) < 4.78 is 0. The van der Waals surface area contributed by atoms with Gasteiger partial charge in [0.1, 0.15) is 0 Å². The molecule has 0 heterocycles. The summed E-state index contributed by atoms with van der Waals surface area (Å²) in [5, 5.41) is 23.6. The van der Waals surface area contributed by atoms with Gasteiger partial charge in [-0.25, -0.2) is 0 Å². The molecule has 0 radical (unpaired) electrons. The molecule has 0 saturated heterocycles. The zero-order chi connectivity index (χ0) is 16.2. The van der Waals surface area contributed by atoms with Crippen LogP contribution in [-0.2, 0) is 0 Å². The Bertz CT molecular complexity index is 538. The van der Waals surface area contributed by atoms with Crippen molar-refractivity contribution in [2.75, 3.05) is 6.54 Å². The molecule has 0 aliphatic carbocycles. The maximum Gasteiger partial charge on any atom is 0.270 e. The van der Waals surface area contributed by atoms with E-state index in [0.29, 0.717) is 17.9 Å². The molecule has 0 aliphatic rings. The van der Waals surface area contributed by atoms with Gasteiger partial charge in [-0.1, -0.05) is 19.9 Å². The van der Waals surface area contributed by atoms with E-state index >= 15 is 0 Å². The molecule has 0 saturated carbocycles. The predicted octanol–water partition coefficient (Wildman–Crippen LogP) is 2.43. The molecule has 1 aromatic carbocycles. The second-order valence-electron chi connectivity index (χ2n) is 6.03. The van der Waals surface area contributed by atoms with Crippen molar-refractivity contribution < 1.29 is 14.8 Å². The van der Waals surface area contributed by atoms with Crippen molar-refractivity contribution in [3.05, 3.63) is 39.4 Å². The maximum atomic E-state index is 12.1. The highest BCUT2D eigenvalue weighted by Crippen LogP contribution is 2.18. The maximum absolute atomic E-state index is 12.1. The average molecular weight is 294 g/mol. The number of nitro groups is 1. The van der Waals surface area contributed by atoms with Crippen molar-refractivity contribution in [1.82, 2.24) is 5.32 Å². The number of nitrogens with zero attached hydrogens (tertiary/aromatic N) is 1. The van der Waals surface area contributed by atoms with Crippen molar-refractivity contribution in [1.29, 1.82) is 0 Å². The normalized spacial score (nSPS) is 13.8. The lowest BCUT2D eigenvalue weighted by molar-refractivity contribution is -0.384. The summed E-state index contributed by atoms with van der Waals surface area (Å²) >= 11 is 0. The molecule has 21 heavy (non-hydrogen) atoms. The molecular formula is C15H22N2O4. The number of non-ortho nitro benzene ring substituents is 1. The number of carbonyl (C=O) groups excluding carboxylic acids is 1. The fraction of sp³-hybridized carbons (Fsp3) is 0.533. The van der Waals surface area contributed by atoms with Crippen LogP contribution in [0, 0.1) is 23.0 Å². The van der Waals surface area contributed by atoms with E-state index < -0.39 is 16.4 Å². The first-order valence-corrected chi connectivity index (χ1v) is 6.88. The molecule has 6 nitrogen and oxygen atoms in total. The first-order valence-electron chi connectivity index (χ1n) is 6.88. The Morgan fingerprint density at radius 2 is 2.10 bits per heavy atom. The number of benzene rings is 1. The molecule has 6 heteroatoms. The van der Waals surface area contributed by atoms with E-state index in [0.717, 1.165) is 0 Å². The number of carbonyl (C=O) groups is 1. The van der Waals surface area contributed by atoms with Crippen molar-refractivity contribution in [2.45, 2.75) is 39.7 Å². The fourth-order valence-electron chi connectivity index (χ4n) is 2.29. The van der Waals surface area contributed by atoms with Crippen LogP contribution < -0.4 is 5.32 Å². The van der Waals surface area contributed by atoms with Gasteiger partial charge in [0.25, 0.3) is 11.6 Å². The number of nitrogens with one attached hydrogen (secondary N) is 1. The number of nitro benzene ring substituents is 1. The Labute approximate surface area is 124 Å². The second kappa shape index (κ2) is 6.67. The Morgan fingerprint density at radius 1 is 1.48 bits per heavy atom. The molecule has 0 spiro atoms. The molecule has 1 unspecified atom stereocenters. The van der Waals surface area contributed by atoms with Crippen LogP contribution in [0.25, 0.3) is 0 Å². The third-order valence-electron chi connectivity index (χ3n) is 3.15. The summed E-state index contributed by atoms with van der Waals surface area (Å²) in [7, 11) is 0. The molecule has 1 atom stereocenters. The number of aliphatic hydroxyl groups is 1. The van der Waals surface area contributed by atoms with E-state index in [2.05, 4.69) is 5.32 Å². The summed E-state index contributed by atoms with van der Waals surface area (Å²) in [6, 6.07) is 4.15. The van der Waals surface area contributed by atoms with Gasteiger partial charge in [0.2, 0.25) is 0 Å². The van der Waals surface area contributed by atoms with Crippen molar-refractivity contribution in [3.8, 4) is 0 Å². The minimum Gasteiger partial charge on any atom is -0.388 e. The van der Waals surface area contributed by atoms with Gasteiger partial charge in [-0.15, -0.1) is 0 Å². The van der Waals surface area contributed by atoms with Gasteiger partial charge in [-0.05, 0) is 31.7 Å². The van der Waals surface area contributed by atoms with Crippen molar-refractivity contribution >= 4 is 11.6 Å². The van der Waals surface area contributed by atoms with Gasteiger partial charge >= 0.3 is 0 Å². The molecule has 0 aliphatic heterocycles. The van der Waals surface area contributed by atoms with Gasteiger partial charge in [0.15, 0.2) is 0 Å². The summed E-state index contributed by atoms with van der Waals surface area (Å²) in [6.07, 6.45) is 0.557. The van der Waals surface area contributed by atoms with Crippen molar-refractivity contribution in [3.63, 3.8) is 0 Å². The first-order chi connectivity index (χ1) is 9.62. The summed E-state index contributed by atoms with van der Waals surface area (Å²) in [6.45, 7) is 7.45. The Hall–Kier alpha value is -1.95. The largest absolute Gasteiger partial charge is 0.388 e. The van der Waals surface area contributed by atoms with E-state index in [1.165, 1.54) is 12.1 Å². The molecular weight excluding hydrogens is 272 g/mol. The third-order valence-corrected chi connectivity index (χ3v) is 3.15. The summed E-state index contributed by atoms with van der Waals surface area (Å²) in [4.78, 5) is 22.4. The monoisotopic (exact) mass is 294 g/mol. The highest BCUT2D eigenvalue weighted by atomic mass is 16.6. The lowest BCUT2D eigenvalue weighted by Gasteiger charge is -2.25. The smallest absolute Gasteiger partial charge is 0.270 e. The van der Waals surface area contributed by atoms with Gasteiger partial charge in [0.05, 0.1) is 10.5 Å². The molecule has 0 bridgehead atoms. The van der Waals surface area contributed by atoms with E-state index in [-0.39, 0.29) is 17.8 Å². The Balaban J connectivity index is 2.80. The van der Waals surface area contributed by atoms with E-state index in [1.807, 2.05) is 13.8 Å². The molecule has 0 fully saturated rings. The standard InChI is InChI=1S/C15H22N2O4/c1-10(2)8-15(4,19)9-16-14(18)13-7-12(17(20)21)6-5-11(13)3/h5-7,10,19H,8-9H2,1-4H3,(H,16,18). The second-order valence-corrected chi connectivity index (χ2v) is 6.03. The molecule has 1 rings (SSSR count). The molecule has 1 amide bonds. The van der Waals surface area contributed by atoms with E-state index in [4.69, 9.17) is 0 Å². The highest BCUT2D eigenvalue weighted by molar-refractivity contribution is 5.96. The summed E-state index contributed by atoms with van der Waals surface area (Å²) in [5.74, 6) is -0.114. The minimum atomic E-state index is -1.00. The number of amides is 1. The Morgan fingerprint density at radius 3 is 2.62 bits per heavy atom. The molecule has 1 aromatic rings. The van der Waals surface area contributed by atoms with Crippen LogP contribution >= 0.6 is 0 Å². The van der Waals surface area contributed by atoms with Gasteiger partial charge in [-0.2, -0.15) is 0 Å². The van der Waals surface area contributed by atoms with Crippen molar-refractivity contribution in [2.24, 2.45) is 5.92 Å². The quantitative estimate of drug-likeness (QED) is 0.622. The van der Waals surface area contributed by atoms with Crippen LogP contribution in [0.15, 0.2) is 18.2 Å². The van der Waals surface area contributed by atoms with Gasteiger partial charge < -0.3 is 10.4 Å². The number of rotatable bonds is 6. The number of hydrogen-bond acceptors (Lipinski definition) is 4. The van der Waals surface area contributed by atoms with Crippen LogP contribution in [0.2, 0.25) is 0 Å². The number of hydrogen-bond donors (Lipinski definition) is 2. The molecule has 116 valence electrons. The lowest BCUT2D eigenvalue weighted by Crippen LogP contribution is -2.41. The van der Waals surface area contributed by atoms with E-state index in [1.54, 1.807) is 19.9 Å². The van der Waals surface area contributed by atoms with Crippen LogP contribution in [-0.4, -0.2) is 28.1 Å². The topological polar surface area (TPSA) is 92.5 Å². The number of aryl methyl sites for hydroxylation is 1. The van der Waals surface area contributed by atoms with Crippen LogP contribution in [0.5, 0.6) is 0 Å². The van der Waals surface area contributed by atoms with Gasteiger partial charge in [0, 0.05) is 24.2 Å². The molecule has 0 aromatic heterocycles. The average Bonchev–Trinajstić information content (AvgIpc) is 2.34. The Kier molecular flexibility index (Phi) is 5.43. The minimum absolute atomic E-state index is 0.103. The van der Waals surface area contributed by atoms with Crippen LogP contribution in [0.1, 0.15) is 43.1 Å².